The average Bonchev–Trinajstić information content (AvgIpc) is 2.25. The molecule has 0 aliphatic rings. The van der Waals surface area contributed by atoms with Crippen molar-refractivity contribution in [1.29, 1.82) is 0 Å². The molecule has 0 saturated heterocycles. The molecule has 1 unspecified atom stereocenters. The second-order valence-corrected chi connectivity index (χ2v) is 3.19. The maximum absolute atomic E-state index is 5.29. The van der Waals surface area contributed by atoms with E-state index in [1.165, 1.54) is 6.33 Å². The van der Waals surface area contributed by atoms with Gasteiger partial charge in [-0.2, -0.15) is 0 Å². The summed E-state index contributed by atoms with van der Waals surface area (Å²) in [5, 5.41) is 3.33. The van der Waals surface area contributed by atoms with E-state index >= 15 is 0 Å². The van der Waals surface area contributed by atoms with E-state index in [2.05, 4.69) is 22.2 Å². The van der Waals surface area contributed by atoms with Crippen LogP contribution in [0.4, 0.5) is 0 Å². The molecule has 0 spiro atoms. The molecule has 0 saturated carbocycles. The van der Waals surface area contributed by atoms with Crippen molar-refractivity contribution in [2.24, 2.45) is 0 Å². The summed E-state index contributed by atoms with van der Waals surface area (Å²) >= 11 is 0. The average molecular weight is 195 g/mol. The van der Waals surface area contributed by atoms with Gasteiger partial charge in [-0.3, -0.25) is 0 Å². The summed E-state index contributed by atoms with van der Waals surface area (Å²) in [7, 11) is 0. The lowest BCUT2D eigenvalue weighted by molar-refractivity contribution is 0.127. The van der Waals surface area contributed by atoms with E-state index in [0.29, 0.717) is 6.04 Å². The summed E-state index contributed by atoms with van der Waals surface area (Å²) in [5.74, 6) is 0. The van der Waals surface area contributed by atoms with Gasteiger partial charge in [0.1, 0.15) is 6.33 Å². The topological polar surface area (TPSA) is 47.0 Å². The van der Waals surface area contributed by atoms with Crippen molar-refractivity contribution in [1.82, 2.24) is 15.3 Å². The van der Waals surface area contributed by atoms with Crippen LogP contribution < -0.4 is 5.32 Å². The van der Waals surface area contributed by atoms with E-state index in [-0.39, 0.29) is 0 Å². The highest BCUT2D eigenvalue weighted by Crippen LogP contribution is 1.93. The van der Waals surface area contributed by atoms with Crippen molar-refractivity contribution in [3.05, 3.63) is 24.3 Å². The molecule has 1 heterocycles. The molecular formula is C10H17N3O. The summed E-state index contributed by atoms with van der Waals surface area (Å²) in [6.07, 6.45) is 5.16. The SMILES string of the molecule is CCOCC(C)NCc1cncnc1. The minimum Gasteiger partial charge on any atom is -0.380 e. The van der Waals surface area contributed by atoms with Crippen molar-refractivity contribution in [3.8, 4) is 0 Å². The first kappa shape index (κ1) is 11.1. The Morgan fingerprint density at radius 2 is 2.14 bits per heavy atom. The Hall–Kier alpha value is -1.00. The van der Waals surface area contributed by atoms with E-state index in [0.717, 1.165) is 25.3 Å². The third-order valence-electron chi connectivity index (χ3n) is 1.84. The lowest BCUT2D eigenvalue weighted by Gasteiger charge is -2.12. The molecular weight excluding hydrogens is 178 g/mol. The van der Waals surface area contributed by atoms with Crippen LogP contribution in [-0.4, -0.2) is 29.2 Å². The summed E-state index contributed by atoms with van der Waals surface area (Å²) in [6, 6.07) is 0.357. The molecule has 0 aromatic carbocycles. The summed E-state index contributed by atoms with van der Waals surface area (Å²) < 4.78 is 5.29. The van der Waals surface area contributed by atoms with Crippen molar-refractivity contribution >= 4 is 0 Å². The van der Waals surface area contributed by atoms with Crippen LogP contribution in [0.1, 0.15) is 19.4 Å². The Labute approximate surface area is 84.7 Å². The van der Waals surface area contributed by atoms with Gasteiger partial charge in [0.2, 0.25) is 0 Å². The number of aromatic nitrogens is 2. The van der Waals surface area contributed by atoms with Crippen LogP contribution in [0, 0.1) is 0 Å². The monoisotopic (exact) mass is 195 g/mol. The highest BCUT2D eigenvalue weighted by atomic mass is 16.5. The Bertz CT molecular complexity index is 240. The van der Waals surface area contributed by atoms with E-state index in [1.54, 1.807) is 0 Å². The minimum atomic E-state index is 0.357. The van der Waals surface area contributed by atoms with E-state index in [9.17, 15) is 0 Å². The predicted octanol–water partition coefficient (Wildman–Crippen LogP) is 0.991. The van der Waals surface area contributed by atoms with Gasteiger partial charge in [0.05, 0.1) is 6.61 Å². The summed E-state index contributed by atoms with van der Waals surface area (Å²) in [4.78, 5) is 7.88. The Morgan fingerprint density at radius 3 is 2.79 bits per heavy atom. The van der Waals surface area contributed by atoms with Gasteiger partial charge >= 0.3 is 0 Å². The highest BCUT2D eigenvalue weighted by Gasteiger charge is 2.00. The molecule has 0 fully saturated rings. The number of ether oxygens (including phenoxy) is 1. The molecule has 0 aliphatic heterocycles. The van der Waals surface area contributed by atoms with E-state index in [4.69, 9.17) is 4.74 Å². The number of hydrogen-bond acceptors (Lipinski definition) is 4. The molecule has 4 heteroatoms. The van der Waals surface area contributed by atoms with Crippen LogP contribution in [0.2, 0.25) is 0 Å². The van der Waals surface area contributed by atoms with Gasteiger partial charge in [0, 0.05) is 37.2 Å². The Morgan fingerprint density at radius 1 is 1.43 bits per heavy atom. The third-order valence-corrected chi connectivity index (χ3v) is 1.84. The lowest BCUT2D eigenvalue weighted by atomic mass is 10.3. The standard InChI is InChI=1S/C10H17N3O/c1-3-14-7-9(2)13-6-10-4-11-8-12-5-10/h4-5,8-9,13H,3,6-7H2,1-2H3. The highest BCUT2D eigenvalue weighted by molar-refractivity contribution is 5.01. The van der Waals surface area contributed by atoms with Gasteiger partial charge in [-0.05, 0) is 13.8 Å². The van der Waals surface area contributed by atoms with Crippen molar-refractivity contribution in [3.63, 3.8) is 0 Å². The molecule has 1 rings (SSSR count). The van der Waals surface area contributed by atoms with Crippen molar-refractivity contribution in [2.45, 2.75) is 26.4 Å². The van der Waals surface area contributed by atoms with Crippen LogP contribution in [0.5, 0.6) is 0 Å². The Kier molecular flexibility index (Phi) is 5.11. The fourth-order valence-corrected chi connectivity index (χ4v) is 1.07. The lowest BCUT2D eigenvalue weighted by Crippen LogP contribution is -2.30. The molecule has 0 bridgehead atoms. The largest absolute Gasteiger partial charge is 0.380 e. The van der Waals surface area contributed by atoms with Crippen molar-refractivity contribution in [2.75, 3.05) is 13.2 Å². The fourth-order valence-electron chi connectivity index (χ4n) is 1.07. The first-order valence-electron chi connectivity index (χ1n) is 4.88. The van der Waals surface area contributed by atoms with Gasteiger partial charge in [0.15, 0.2) is 0 Å². The van der Waals surface area contributed by atoms with Crippen LogP contribution in [0.25, 0.3) is 0 Å². The van der Waals surface area contributed by atoms with E-state index in [1.807, 2.05) is 19.3 Å². The number of nitrogens with zero attached hydrogens (tertiary/aromatic N) is 2. The number of hydrogen-bond donors (Lipinski definition) is 1. The molecule has 1 aromatic heterocycles. The smallest absolute Gasteiger partial charge is 0.115 e. The second-order valence-electron chi connectivity index (χ2n) is 3.19. The molecule has 1 N–H and O–H groups in total. The molecule has 4 nitrogen and oxygen atoms in total. The van der Waals surface area contributed by atoms with Gasteiger partial charge in [-0.15, -0.1) is 0 Å². The van der Waals surface area contributed by atoms with Crippen LogP contribution in [-0.2, 0) is 11.3 Å². The van der Waals surface area contributed by atoms with Gasteiger partial charge in [0.25, 0.3) is 0 Å². The first-order chi connectivity index (χ1) is 6.83. The fraction of sp³-hybridized carbons (Fsp3) is 0.600. The van der Waals surface area contributed by atoms with Crippen molar-refractivity contribution < 1.29 is 4.74 Å². The molecule has 1 aromatic rings. The van der Waals surface area contributed by atoms with Gasteiger partial charge in [-0.1, -0.05) is 0 Å². The zero-order chi connectivity index (χ0) is 10.2. The third kappa shape index (κ3) is 4.30. The number of rotatable bonds is 6. The second kappa shape index (κ2) is 6.45. The zero-order valence-electron chi connectivity index (χ0n) is 8.73. The van der Waals surface area contributed by atoms with E-state index < -0.39 is 0 Å². The minimum absolute atomic E-state index is 0.357. The molecule has 0 radical (unpaired) electrons. The number of nitrogens with one attached hydrogen (secondary N) is 1. The zero-order valence-corrected chi connectivity index (χ0v) is 8.73. The molecule has 14 heavy (non-hydrogen) atoms. The maximum Gasteiger partial charge on any atom is 0.115 e. The normalized spacial score (nSPS) is 12.7. The molecule has 78 valence electrons. The van der Waals surface area contributed by atoms with Crippen LogP contribution in [0.15, 0.2) is 18.7 Å². The molecule has 0 aliphatic carbocycles. The quantitative estimate of drug-likeness (QED) is 0.735. The predicted molar refractivity (Wildman–Crippen MR) is 54.8 cm³/mol. The van der Waals surface area contributed by atoms with Crippen LogP contribution >= 0.6 is 0 Å². The Balaban J connectivity index is 2.20. The van der Waals surface area contributed by atoms with Crippen LogP contribution in [0.3, 0.4) is 0 Å². The van der Waals surface area contributed by atoms with Gasteiger partial charge < -0.3 is 10.1 Å². The first-order valence-corrected chi connectivity index (χ1v) is 4.88. The maximum atomic E-state index is 5.29. The molecule has 1 atom stereocenters. The molecule has 0 amide bonds. The van der Waals surface area contributed by atoms with Gasteiger partial charge in [-0.25, -0.2) is 9.97 Å². The summed E-state index contributed by atoms with van der Waals surface area (Å²) in [6.45, 7) is 6.39. The summed E-state index contributed by atoms with van der Waals surface area (Å²) in [5.41, 5.74) is 1.09.